The molecule has 0 spiro atoms. The van der Waals surface area contributed by atoms with Crippen LogP contribution in [0.3, 0.4) is 0 Å². The quantitative estimate of drug-likeness (QED) is 0.572. The van der Waals surface area contributed by atoms with Gasteiger partial charge in [-0.05, 0) is 12.8 Å². The van der Waals surface area contributed by atoms with Crippen LogP contribution >= 0.6 is 0 Å². The molecule has 0 aliphatic rings. The number of carbonyl (C=O) groups is 1. The van der Waals surface area contributed by atoms with Gasteiger partial charge in [0.2, 0.25) is 5.91 Å². The summed E-state index contributed by atoms with van der Waals surface area (Å²) in [6.07, 6.45) is 4.67. The van der Waals surface area contributed by atoms with E-state index in [1.54, 1.807) is 12.2 Å². The van der Waals surface area contributed by atoms with Crippen LogP contribution < -0.4 is 5.73 Å². The molecule has 10 heavy (non-hydrogen) atoms. The third kappa shape index (κ3) is 3.07. The minimum Gasteiger partial charge on any atom is -0.369 e. The predicted octanol–water partition coefficient (Wildman–Crippen LogP) is 1.24. The first-order valence-corrected chi connectivity index (χ1v) is 3.23. The summed E-state index contributed by atoms with van der Waals surface area (Å²) in [5, 5.41) is 0. The van der Waals surface area contributed by atoms with Crippen LogP contribution in [0.25, 0.3) is 0 Å². The molecule has 0 radical (unpaired) electrons. The zero-order valence-corrected chi connectivity index (χ0v) is 6.05. The molecule has 0 aliphatic carbocycles. The molecule has 2 N–H and O–H groups in total. The third-order valence-corrected chi connectivity index (χ3v) is 1.30. The first-order chi connectivity index (χ1) is 4.72. The molecule has 0 aromatic carbocycles. The number of nitrogens with two attached hydrogens (primary N) is 1. The fraction of sp³-hybridized carbons (Fsp3) is 0.375. The van der Waals surface area contributed by atoms with E-state index < -0.39 is 0 Å². The van der Waals surface area contributed by atoms with Crippen LogP contribution in [0.4, 0.5) is 0 Å². The van der Waals surface area contributed by atoms with E-state index >= 15 is 0 Å². The molecule has 0 aromatic heterocycles. The smallest absolute Gasteiger partial charge is 0.221 e. The molecule has 0 unspecified atom stereocenters. The van der Waals surface area contributed by atoms with Gasteiger partial charge in [0.15, 0.2) is 0 Å². The maximum Gasteiger partial charge on any atom is 0.221 e. The zero-order chi connectivity index (χ0) is 7.98. The van der Waals surface area contributed by atoms with E-state index in [1.165, 1.54) is 0 Å². The van der Waals surface area contributed by atoms with Crippen LogP contribution in [0, 0.1) is 5.92 Å². The maximum absolute atomic E-state index is 10.6. The topological polar surface area (TPSA) is 43.1 Å². The fourth-order valence-corrected chi connectivity index (χ4v) is 0.731. The normalized spacial score (nSPS) is 9.30. The van der Waals surface area contributed by atoms with Crippen LogP contribution in [0.5, 0.6) is 0 Å². The van der Waals surface area contributed by atoms with Gasteiger partial charge in [-0.1, -0.05) is 12.2 Å². The van der Waals surface area contributed by atoms with Crippen LogP contribution in [0.1, 0.15) is 12.8 Å². The van der Waals surface area contributed by atoms with Gasteiger partial charge >= 0.3 is 0 Å². The van der Waals surface area contributed by atoms with E-state index in [0.717, 1.165) is 0 Å². The van der Waals surface area contributed by atoms with Gasteiger partial charge in [-0.3, -0.25) is 4.79 Å². The Labute approximate surface area is 61.4 Å². The number of rotatable bonds is 5. The predicted molar refractivity (Wildman–Crippen MR) is 42.3 cm³/mol. The highest BCUT2D eigenvalue weighted by atomic mass is 16.1. The summed E-state index contributed by atoms with van der Waals surface area (Å²) in [6.45, 7) is 7.05. The molecule has 0 atom stereocenters. The van der Waals surface area contributed by atoms with Crippen molar-refractivity contribution in [2.75, 3.05) is 0 Å². The monoisotopic (exact) mass is 139 g/mol. The Morgan fingerprint density at radius 1 is 1.40 bits per heavy atom. The van der Waals surface area contributed by atoms with Gasteiger partial charge in [-0.2, -0.15) is 0 Å². The van der Waals surface area contributed by atoms with Crippen molar-refractivity contribution in [3.63, 3.8) is 0 Å². The first kappa shape index (κ1) is 8.95. The molecule has 0 saturated heterocycles. The molecule has 0 bridgehead atoms. The summed E-state index contributed by atoms with van der Waals surface area (Å²) >= 11 is 0. The number of hydrogen-bond acceptors (Lipinski definition) is 1. The fourth-order valence-electron chi connectivity index (χ4n) is 0.731. The lowest BCUT2D eigenvalue weighted by Gasteiger charge is -2.05. The summed E-state index contributed by atoms with van der Waals surface area (Å²) in [7, 11) is 0. The highest BCUT2D eigenvalue weighted by Crippen LogP contribution is 2.07. The van der Waals surface area contributed by atoms with Gasteiger partial charge in [0.05, 0.1) is 0 Å². The molecule has 0 heterocycles. The molecular formula is C8H13NO. The highest BCUT2D eigenvalue weighted by molar-refractivity contribution is 5.76. The summed E-state index contributed by atoms with van der Waals surface area (Å²) in [6, 6.07) is 0. The summed E-state index contributed by atoms with van der Waals surface area (Å²) in [4.78, 5) is 10.6. The highest BCUT2D eigenvalue weighted by Gasteiger charge is 2.09. The Morgan fingerprint density at radius 3 is 2.00 bits per heavy atom. The van der Waals surface area contributed by atoms with Crippen molar-refractivity contribution in [3.05, 3.63) is 25.3 Å². The number of primary amides is 1. The van der Waals surface area contributed by atoms with E-state index in [2.05, 4.69) is 13.2 Å². The molecule has 0 aromatic rings. The summed E-state index contributed by atoms with van der Waals surface area (Å²) < 4.78 is 0. The number of carbonyl (C=O) groups excluding carboxylic acids is 1. The lowest BCUT2D eigenvalue weighted by atomic mass is 10.0. The largest absolute Gasteiger partial charge is 0.369 e. The van der Waals surface area contributed by atoms with E-state index in [4.69, 9.17) is 5.73 Å². The minimum absolute atomic E-state index is 0.116. The number of allylic oxidation sites excluding steroid dienone is 2. The Morgan fingerprint density at radius 2 is 1.80 bits per heavy atom. The van der Waals surface area contributed by atoms with Crippen molar-refractivity contribution < 1.29 is 4.79 Å². The Kier molecular flexibility index (Phi) is 4.29. The van der Waals surface area contributed by atoms with Crippen molar-refractivity contribution in [3.8, 4) is 0 Å². The van der Waals surface area contributed by atoms with Crippen molar-refractivity contribution in [2.45, 2.75) is 12.8 Å². The van der Waals surface area contributed by atoms with Crippen molar-refractivity contribution in [2.24, 2.45) is 11.7 Å². The molecule has 2 nitrogen and oxygen atoms in total. The zero-order valence-electron chi connectivity index (χ0n) is 6.05. The van der Waals surface area contributed by atoms with E-state index in [-0.39, 0.29) is 11.8 Å². The Bertz CT molecular complexity index is 130. The van der Waals surface area contributed by atoms with Crippen LogP contribution in [-0.4, -0.2) is 5.91 Å². The number of amides is 1. The van der Waals surface area contributed by atoms with Crippen molar-refractivity contribution in [1.82, 2.24) is 0 Å². The molecule has 0 fully saturated rings. The second kappa shape index (κ2) is 4.79. The van der Waals surface area contributed by atoms with Crippen LogP contribution in [0.2, 0.25) is 0 Å². The Balaban J connectivity index is 3.83. The summed E-state index contributed by atoms with van der Waals surface area (Å²) in [5.74, 6) is -0.394. The van der Waals surface area contributed by atoms with Gasteiger partial charge in [0.1, 0.15) is 0 Å². The summed E-state index contributed by atoms with van der Waals surface area (Å²) in [5.41, 5.74) is 5.07. The van der Waals surface area contributed by atoms with Gasteiger partial charge in [0, 0.05) is 5.92 Å². The second-order valence-electron chi connectivity index (χ2n) is 2.15. The van der Waals surface area contributed by atoms with Gasteiger partial charge in [-0.25, -0.2) is 0 Å². The van der Waals surface area contributed by atoms with Gasteiger partial charge < -0.3 is 5.73 Å². The molecule has 0 aliphatic heterocycles. The first-order valence-electron chi connectivity index (χ1n) is 3.23. The maximum atomic E-state index is 10.6. The van der Waals surface area contributed by atoms with Crippen molar-refractivity contribution in [1.29, 1.82) is 0 Å². The minimum atomic E-state index is -0.278. The van der Waals surface area contributed by atoms with E-state index in [0.29, 0.717) is 12.8 Å². The molecule has 0 saturated carbocycles. The second-order valence-corrected chi connectivity index (χ2v) is 2.15. The van der Waals surface area contributed by atoms with Crippen molar-refractivity contribution >= 4 is 5.91 Å². The van der Waals surface area contributed by atoms with Crippen LogP contribution in [0.15, 0.2) is 25.3 Å². The lowest BCUT2D eigenvalue weighted by Crippen LogP contribution is -2.22. The standard InChI is InChI=1S/C8H13NO/c1-3-5-7(6-4-2)8(9)10/h3-4,7H,1-2,5-6H2,(H2,9,10). The average molecular weight is 139 g/mol. The third-order valence-electron chi connectivity index (χ3n) is 1.30. The molecule has 0 rings (SSSR count). The van der Waals surface area contributed by atoms with Gasteiger partial charge in [-0.15, -0.1) is 13.2 Å². The van der Waals surface area contributed by atoms with E-state index in [1.807, 2.05) is 0 Å². The molecule has 2 heteroatoms. The molecule has 1 amide bonds. The number of hydrogen-bond donors (Lipinski definition) is 1. The SMILES string of the molecule is C=CCC(CC=C)C(N)=O. The van der Waals surface area contributed by atoms with Gasteiger partial charge in [0.25, 0.3) is 0 Å². The average Bonchev–Trinajstić information content (AvgIpc) is 1.87. The van der Waals surface area contributed by atoms with E-state index in [9.17, 15) is 4.79 Å². The Hall–Kier alpha value is -1.05. The lowest BCUT2D eigenvalue weighted by molar-refractivity contribution is -0.121. The molecule has 56 valence electrons. The molecular weight excluding hydrogens is 126 g/mol. The van der Waals surface area contributed by atoms with Crippen LogP contribution in [-0.2, 0) is 4.79 Å².